The van der Waals surface area contributed by atoms with E-state index in [1.54, 1.807) is 30.9 Å². The lowest BCUT2D eigenvalue weighted by molar-refractivity contribution is 0.0686. The van der Waals surface area contributed by atoms with Gasteiger partial charge in [0.25, 0.3) is 0 Å². The van der Waals surface area contributed by atoms with Gasteiger partial charge in [0, 0.05) is 17.1 Å². The zero-order valence-electron chi connectivity index (χ0n) is 9.98. The van der Waals surface area contributed by atoms with E-state index >= 15 is 0 Å². The Morgan fingerprint density at radius 3 is 2.61 bits per heavy atom. The number of halogens is 1. The van der Waals surface area contributed by atoms with Gasteiger partial charge in [-0.2, -0.15) is 0 Å². The molecule has 0 radical (unpaired) electrons. The van der Waals surface area contributed by atoms with E-state index in [1.165, 1.54) is 0 Å². The Morgan fingerprint density at radius 2 is 2.06 bits per heavy atom. The summed E-state index contributed by atoms with van der Waals surface area (Å²) in [5.41, 5.74) is 1.89. The Labute approximate surface area is 113 Å². The number of nitrogens with zero attached hydrogens (tertiary/aromatic N) is 1. The summed E-state index contributed by atoms with van der Waals surface area (Å²) in [6.07, 6.45) is 0. The van der Waals surface area contributed by atoms with E-state index in [9.17, 15) is 4.79 Å². The van der Waals surface area contributed by atoms with Crippen molar-refractivity contribution in [1.29, 1.82) is 0 Å². The van der Waals surface area contributed by atoms with Gasteiger partial charge in [-0.25, -0.2) is 4.79 Å². The van der Waals surface area contributed by atoms with Crippen LogP contribution in [0, 0.1) is 0 Å². The Balaban J connectivity index is 2.61. The van der Waals surface area contributed by atoms with E-state index in [0.717, 1.165) is 15.7 Å². The van der Waals surface area contributed by atoms with E-state index in [1.807, 2.05) is 18.2 Å². The van der Waals surface area contributed by atoms with Gasteiger partial charge in [0.2, 0.25) is 0 Å². The second-order valence-electron chi connectivity index (χ2n) is 3.81. The molecule has 0 unspecified atom stereocenters. The summed E-state index contributed by atoms with van der Waals surface area (Å²) in [6.45, 7) is 0. The van der Waals surface area contributed by atoms with Gasteiger partial charge in [-0.15, -0.1) is 0 Å². The molecule has 0 amide bonds. The van der Waals surface area contributed by atoms with Gasteiger partial charge in [-0.3, -0.25) is 0 Å². The van der Waals surface area contributed by atoms with Crippen molar-refractivity contribution in [2.45, 2.75) is 0 Å². The average molecular weight is 310 g/mol. The predicted octanol–water partition coefficient (Wildman–Crippen LogP) is 3.16. The topological polar surface area (TPSA) is 51.5 Å². The minimum absolute atomic E-state index is 0.243. The van der Waals surface area contributed by atoms with Crippen LogP contribution in [0.4, 0.5) is 0 Å². The molecule has 0 fully saturated rings. The minimum atomic E-state index is -0.947. The highest BCUT2D eigenvalue weighted by Gasteiger charge is 2.15. The third kappa shape index (κ3) is 2.13. The monoisotopic (exact) mass is 309 g/mol. The van der Waals surface area contributed by atoms with Crippen LogP contribution >= 0.6 is 15.9 Å². The van der Waals surface area contributed by atoms with Crippen LogP contribution in [0.15, 0.2) is 34.8 Å². The van der Waals surface area contributed by atoms with Crippen molar-refractivity contribution in [3.05, 3.63) is 40.5 Å². The number of methoxy groups -OCH3 is 1. The highest BCUT2D eigenvalue weighted by molar-refractivity contribution is 9.10. The molecular formula is C13H12BrNO3. The number of benzene rings is 1. The number of rotatable bonds is 3. The van der Waals surface area contributed by atoms with Crippen LogP contribution in [0.1, 0.15) is 10.5 Å². The lowest BCUT2D eigenvalue weighted by Gasteiger charge is -2.10. The molecule has 0 saturated heterocycles. The molecule has 0 saturated carbocycles. The predicted molar refractivity (Wildman–Crippen MR) is 72.1 cm³/mol. The minimum Gasteiger partial charge on any atom is -0.496 e. The molecule has 0 aliphatic carbocycles. The second-order valence-corrected chi connectivity index (χ2v) is 4.73. The quantitative estimate of drug-likeness (QED) is 0.947. The van der Waals surface area contributed by atoms with Crippen molar-refractivity contribution in [2.75, 3.05) is 7.11 Å². The van der Waals surface area contributed by atoms with E-state index in [0.29, 0.717) is 5.75 Å². The van der Waals surface area contributed by atoms with Gasteiger partial charge < -0.3 is 14.4 Å². The zero-order chi connectivity index (χ0) is 13.3. The summed E-state index contributed by atoms with van der Waals surface area (Å²) in [5.74, 6) is -0.242. The van der Waals surface area contributed by atoms with Crippen LogP contribution in [-0.2, 0) is 7.05 Å². The summed E-state index contributed by atoms with van der Waals surface area (Å²) in [4.78, 5) is 11.0. The van der Waals surface area contributed by atoms with Crippen molar-refractivity contribution in [1.82, 2.24) is 4.57 Å². The largest absolute Gasteiger partial charge is 0.496 e. The Hall–Kier alpha value is -1.75. The van der Waals surface area contributed by atoms with Gasteiger partial charge in [-0.05, 0) is 30.3 Å². The molecule has 2 aromatic rings. The molecule has 1 N–H and O–H groups in total. The third-order valence-corrected chi connectivity index (χ3v) is 3.27. The SMILES string of the molecule is COc1ccc(Br)cc1-c1ccc(C(=O)O)n1C. The van der Waals surface area contributed by atoms with Gasteiger partial charge in [-0.1, -0.05) is 15.9 Å². The number of ether oxygens (including phenoxy) is 1. The molecule has 1 heterocycles. The van der Waals surface area contributed by atoms with Crippen LogP contribution in [0.25, 0.3) is 11.3 Å². The van der Waals surface area contributed by atoms with Crippen molar-refractivity contribution >= 4 is 21.9 Å². The van der Waals surface area contributed by atoms with E-state index < -0.39 is 5.97 Å². The number of carbonyl (C=O) groups is 1. The number of carboxylic acid groups (broad SMARTS) is 1. The summed E-state index contributed by atoms with van der Waals surface area (Å²) in [5, 5.41) is 9.05. The molecule has 4 nitrogen and oxygen atoms in total. The summed E-state index contributed by atoms with van der Waals surface area (Å²) < 4.78 is 7.84. The molecule has 1 aromatic carbocycles. The highest BCUT2D eigenvalue weighted by Crippen LogP contribution is 2.33. The van der Waals surface area contributed by atoms with Gasteiger partial charge >= 0.3 is 5.97 Å². The van der Waals surface area contributed by atoms with Crippen LogP contribution in [0.5, 0.6) is 5.75 Å². The number of carboxylic acids is 1. The molecule has 0 bridgehead atoms. The molecular weight excluding hydrogens is 298 g/mol. The molecule has 0 aliphatic heterocycles. The lowest BCUT2D eigenvalue weighted by atomic mass is 10.1. The first-order valence-electron chi connectivity index (χ1n) is 5.27. The molecule has 18 heavy (non-hydrogen) atoms. The van der Waals surface area contributed by atoms with Crippen molar-refractivity contribution in [2.24, 2.45) is 7.05 Å². The van der Waals surface area contributed by atoms with Gasteiger partial charge in [0.1, 0.15) is 11.4 Å². The van der Waals surface area contributed by atoms with Gasteiger partial charge in [0.15, 0.2) is 0 Å². The first kappa shape index (κ1) is 12.7. The smallest absolute Gasteiger partial charge is 0.352 e. The normalized spacial score (nSPS) is 10.4. The van der Waals surface area contributed by atoms with Crippen molar-refractivity contribution < 1.29 is 14.6 Å². The van der Waals surface area contributed by atoms with Crippen LogP contribution < -0.4 is 4.74 Å². The maximum Gasteiger partial charge on any atom is 0.352 e. The first-order chi connectivity index (χ1) is 8.54. The fourth-order valence-corrected chi connectivity index (χ4v) is 2.24. The fourth-order valence-electron chi connectivity index (χ4n) is 1.88. The Kier molecular flexibility index (Phi) is 3.43. The average Bonchev–Trinajstić information content (AvgIpc) is 2.71. The second kappa shape index (κ2) is 4.86. The summed E-state index contributed by atoms with van der Waals surface area (Å²) >= 11 is 3.40. The lowest BCUT2D eigenvalue weighted by Crippen LogP contribution is -2.05. The molecule has 94 valence electrons. The van der Waals surface area contributed by atoms with Gasteiger partial charge in [0.05, 0.1) is 12.8 Å². The van der Waals surface area contributed by atoms with E-state index in [-0.39, 0.29) is 5.69 Å². The van der Waals surface area contributed by atoms with Crippen LogP contribution in [0.2, 0.25) is 0 Å². The fraction of sp³-hybridized carbons (Fsp3) is 0.154. The number of hydrogen-bond acceptors (Lipinski definition) is 2. The molecule has 0 atom stereocenters. The highest BCUT2D eigenvalue weighted by atomic mass is 79.9. The number of hydrogen-bond donors (Lipinski definition) is 1. The maximum atomic E-state index is 11.0. The van der Waals surface area contributed by atoms with Crippen LogP contribution in [-0.4, -0.2) is 22.8 Å². The third-order valence-electron chi connectivity index (χ3n) is 2.78. The number of aromatic carboxylic acids is 1. The standard InChI is InChI=1S/C13H12BrNO3/c1-15-10(4-5-11(15)13(16)17)9-7-8(14)3-6-12(9)18-2/h3-7H,1-2H3,(H,16,17). The first-order valence-corrected chi connectivity index (χ1v) is 6.07. The molecule has 0 spiro atoms. The molecule has 0 aliphatic rings. The zero-order valence-corrected chi connectivity index (χ0v) is 11.6. The van der Waals surface area contributed by atoms with Crippen molar-refractivity contribution in [3.8, 4) is 17.0 Å². The van der Waals surface area contributed by atoms with Crippen LogP contribution in [0.3, 0.4) is 0 Å². The van der Waals surface area contributed by atoms with Crippen molar-refractivity contribution in [3.63, 3.8) is 0 Å². The summed E-state index contributed by atoms with van der Waals surface area (Å²) in [7, 11) is 3.31. The number of aromatic nitrogens is 1. The maximum absolute atomic E-state index is 11.0. The van der Waals surface area contributed by atoms with E-state index in [2.05, 4.69) is 15.9 Å². The molecule has 2 rings (SSSR count). The molecule has 1 aromatic heterocycles. The Morgan fingerprint density at radius 1 is 1.33 bits per heavy atom. The Bertz CT molecular complexity index is 604. The summed E-state index contributed by atoms with van der Waals surface area (Å²) in [6, 6.07) is 8.97. The van der Waals surface area contributed by atoms with E-state index in [4.69, 9.17) is 9.84 Å². The molecule has 5 heteroatoms.